The van der Waals surface area contributed by atoms with Gasteiger partial charge in [-0.3, -0.25) is 4.79 Å². The average molecular weight is 304 g/mol. The Morgan fingerprint density at radius 3 is 2.82 bits per heavy atom. The molecule has 0 aliphatic heterocycles. The molecule has 22 heavy (non-hydrogen) atoms. The monoisotopic (exact) mass is 304 g/mol. The van der Waals surface area contributed by atoms with E-state index in [4.69, 9.17) is 4.42 Å². The maximum absolute atomic E-state index is 12.2. The van der Waals surface area contributed by atoms with E-state index in [0.717, 1.165) is 0 Å². The van der Waals surface area contributed by atoms with Crippen LogP contribution in [-0.4, -0.2) is 30.9 Å². The molecule has 0 aliphatic carbocycles. The van der Waals surface area contributed by atoms with Gasteiger partial charge >= 0.3 is 5.97 Å². The van der Waals surface area contributed by atoms with Crippen LogP contribution in [0.1, 0.15) is 32.2 Å². The molecule has 0 saturated carbocycles. The van der Waals surface area contributed by atoms with Gasteiger partial charge in [-0.05, 0) is 19.1 Å². The summed E-state index contributed by atoms with van der Waals surface area (Å²) in [4.78, 5) is 25.1. The van der Waals surface area contributed by atoms with Gasteiger partial charge in [0, 0.05) is 13.1 Å². The highest BCUT2D eigenvalue weighted by Gasteiger charge is 2.19. The second-order valence-electron chi connectivity index (χ2n) is 4.79. The van der Waals surface area contributed by atoms with Gasteiger partial charge in [0.25, 0.3) is 5.91 Å². The van der Waals surface area contributed by atoms with Crippen LogP contribution in [-0.2, 0) is 11.3 Å². The van der Waals surface area contributed by atoms with Gasteiger partial charge in [0.05, 0.1) is 13.7 Å². The minimum absolute atomic E-state index is 0.171. The molecule has 116 valence electrons. The molecule has 2 rings (SSSR count). The molecule has 1 amide bonds. The van der Waals surface area contributed by atoms with Crippen molar-refractivity contribution in [3.63, 3.8) is 0 Å². The first-order valence-electron chi connectivity index (χ1n) is 6.54. The lowest BCUT2D eigenvalue weighted by atomic mass is 10.2. The number of carbonyl (C=O) groups excluding carboxylic acids is 2. The standard InChI is InChI=1S/C15H16N2O5/c1-10-13(15(19)21-3)7-12(22-10)9-16(2)14(18)11-5-4-6-17(20)8-11/h4-8H,9H2,1-3H3. The van der Waals surface area contributed by atoms with Crippen LogP contribution >= 0.6 is 0 Å². The van der Waals surface area contributed by atoms with Crippen molar-refractivity contribution in [2.24, 2.45) is 0 Å². The Kier molecular flexibility index (Phi) is 4.45. The zero-order valence-corrected chi connectivity index (χ0v) is 12.5. The molecule has 0 aromatic carbocycles. The third kappa shape index (κ3) is 3.25. The fourth-order valence-corrected chi connectivity index (χ4v) is 2.04. The Morgan fingerprint density at radius 1 is 1.45 bits per heavy atom. The van der Waals surface area contributed by atoms with Crippen molar-refractivity contribution in [1.29, 1.82) is 0 Å². The first-order chi connectivity index (χ1) is 10.4. The second kappa shape index (κ2) is 6.30. The highest BCUT2D eigenvalue weighted by molar-refractivity contribution is 5.93. The van der Waals surface area contributed by atoms with Crippen molar-refractivity contribution in [3.05, 3.63) is 58.4 Å². The molecule has 0 fully saturated rings. The normalized spacial score (nSPS) is 10.3. The minimum atomic E-state index is -0.489. The van der Waals surface area contributed by atoms with Crippen molar-refractivity contribution in [2.45, 2.75) is 13.5 Å². The molecule has 2 heterocycles. The molecule has 0 atom stereocenters. The number of hydrogen-bond acceptors (Lipinski definition) is 5. The Hall–Kier alpha value is -2.83. The zero-order chi connectivity index (χ0) is 16.3. The van der Waals surface area contributed by atoms with Crippen LogP contribution in [0.2, 0.25) is 0 Å². The SMILES string of the molecule is COC(=O)c1cc(CN(C)C(=O)c2ccc[n+]([O-])c2)oc1C. The summed E-state index contributed by atoms with van der Waals surface area (Å²) >= 11 is 0. The molecule has 0 bridgehead atoms. The average Bonchev–Trinajstić information content (AvgIpc) is 2.86. The fourth-order valence-electron chi connectivity index (χ4n) is 2.04. The molecule has 0 radical (unpaired) electrons. The van der Waals surface area contributed by atoms with Crippen LogP contribution < -0.4 is 4.73 Å². The number of carbonyl (C=O) groups is 2. The summed E-state index contributed by atoms with van der Waals surface area (Å²) in [7, 11) is 2.87. The van der Waals surface area contributed by atoms with Crippen LogP contribution in [0, 0.1) is 12.1 Å². The van der Waals surface area contributed by atoms with E-state index in [-0.39, 0.29) is 18.0 Å². The molecule has 0 N–H and O–H groups in total. The maximum atomic E-state index is 12.2. The van der Waals surface area contributed by atoms with Gasteiger partial charge in [0.15, 0.2) is 12.4 Å². The molecule has 0 saturated heterocycles. The topological polar surface area (TPSA) is 86.7 Å². The zero-order valence-electron chi connectivity index (χ0n) is 12.5. The van der Waals surface area contributed by atoms with Crippen LogP contribution in [0.5, 0.6) is 0 Å². The number of aromatic nitrogens is 1. The van der Waals surface area contributed by atoms with Crippen LogP contribution in [0.15, 0.2) is 35.0 Å². The second-order valence-corrected chi connectivity index (χ2v) is 4.79. The number of furan rings is 1. The van der Waals surface area contributed by atoms with E-state index < -0.39 is 5.97 Å². The Labute approximate surface area is 127 Å². The van der Waals surface area contributed by atoms with Crippen LogP contribution in [0.25, 0.3) is 0 Å². The van der Waals surface area contributed by atoms with E-state index >= 15 is 0 Å². The number of ether oxygens (including phenoxy) is 1. The van der Waals surface area contributed by atoms with E-state index in [1.165, 1.54) is 30.5 Å². The number of esters is 1. The Bertz CT molecular complexity index is 708. The number of hydrogen-bond donors (Lipinski definition) is 0. The molecule has 0 spiro atoms. The predicted molar refractivity (Wildman–Crippen MR) is 76.0 cm³/mol. The van der Waals surface area contributed by atoms with Crippen molar-refractivity contribution >= 4 is 11.9 Å². The lowest BCUT2D eigenvalue weighted by molar-refractivity contribution is -0.605. The lowest BCUT2D eigenvalue weighted by Gasteiger charge is -2.15. The summed E-state index contributed by atoms with van der Waals surface area (Å²) in [6, 6.07) is 4.60. The lowest BCUT2D eigenvalue weighted by Crippen LogP contribution is -2.31. The first kappa shape index (κ1) is 15.6. The van der Waals surface area contributed by atoms with Crippen molar-refractivity contribution < 1.29 is 23.5 Å². The molecule has 0 unspecified atom stereocenters. The number of nitrogens with zero attached hydrogens (tertiary/aromatic N) is 2. The third-order valence-electron chi connectivity index (χ3n) is 3.14. The van der Waals surface area contributed by atoms with Gasteiger partial charge in [-0.25, -0.2) is 4.79 Å². The molecule has 7 nitrogen and oxygen atoms in total. The van der Waals surface area contributed by atoms with Gasteiger partial charge in [0.2, 0.25) is 0 Å². The summed E-state index contributed by atoms with van der Waals surface area (Å²) in [6.07, 6.45) is 2.50. The number of methoxy groups -OCH3 is 1. The van der Waals surface area contributed by atoms with E-state index in [1.807, 2.05) is 0 Å². The largest absolute Gasteiger partial charge is 0.619 e. The number of pyridine rings is 1. The van der Waals surface area contributed by atoms with E-state index in [1.54, 1.807) is 26.1 Å². The Balaban J connectivity index is 2.13. The molecule has 2 aromatic rings. The highest BCUT2D eigenvalue weighted by Crippen LogP contribution is 2.17. The van der Waals surface area contributed by atoms with Gasteiger partial charge < -0.3 is 19.3 Å². The van der Waals surface area contributed by atoms with Crippen molar-refractivity contribution in [3.8, 4) is 0 Å². The summed E-state index contributed by atoms with van der Waals surface area (Å²) in [6.45, 7) is 1.82. The summed E-state index contributed by atoms with van der Waals surface area (Å²) in [5.41, 5.74) is 0.604. The molecule has 2 aromatic heterocycles. The van der Waals surface area contributed by atoms with Crippen LogP contribution in [0.3, 0.4) is 0 Å². The van der Waals surface area contributed by atoms with E-state index in [9.17, 15) is 14.8 Å². The number of rotatable bonds is 4. The van der Waals surface area contributed by atoms with Crippen molar-refractivity contribution in [1.82, 2.24) is 4.90 Å². The van der Waals surface area contributed by atoms with Gasteiger partial charge in [-0.2, -0.15) is 4.73 Å². The van der Waals surface area contributed by atoms with Gasteiger partial charge in [-0.15, -0.1) is 0 Å². The number of amides is 1. The summed E-state index contributed by atoms with van der Waals surface area (Å²) < 4.78 is 10.7. The van der Waals surface area contributed by atoms with E-state index in [2.05, 4.69) is 4.74 Å². The van der Waals surface area contributed by atoms with Gasteiger partial charge in [0.1, 0.15) is 22.6 Å². The predicted octanol–water partition coefficient (Wildman–Crippen LogP) is 1.28. The third-order valence-corrected chi connectivity index (χ3v) is 3.14. The highest BCUT2D eigenvalue weighted by atomic mass is 16.5. The van der Waals surface area contributed by atoms with Crippen molar-refractivity contribution in [2.75, 3.05) is 14.2 Å². The minimum Gasteiger partial charge on any atom is -0.619 e. The Morgan fingerprint density at radius 2 is 2.18 bits per heavy atom. The number of aryl methyl sites for hydroxylation is 1. The molecule has 0 aliphatic rings. The van der Waals surface area contributed by atoms with E-state index in [0.29, 0.717) is 21.8 Å². The fraction of sp³-hybridized carbons (Fsp3) is 0.267. The molecular weight excluding hydrogens is 288 g/mol. The van der Waals surface area contributed by atoms with Crippen LogP contribution in [0.4, 0.5) is 0 Å². The first-order valence-corrected chi connectivity index (χ1v) is 6.54. The molecular formula is C15H16N2O5. The summed E-state index contributed by atoms with van der Waals surface area (Å²) in [5, 5.41) is 11.2. The maximum Gasteiger partial charge on any atom is 0.341 e. The molecule has 7 heteroatoms. The quantitative estimate of drug-likeness (QED) is 0.482. The summed E-state index contributed by atoms with van der Waals surface area (Å²) in [5.74, 6) is 0.0790. The van der Waals surface area contributed by atoms with Gasteiger partial charge in [-0.1, -0.05) is 0 Å². The smallest absolute Gasteiger partial charge is 0.341 e.